The summed E-state index contributed by atoms with van der Waals surface area (Å²) in [5.41, 5.74) is 0.915. The Balaban J connectivity index is 2.06. The molecule has 22 heavy (non-hydrogen) atoms. The zero-order chi connectivity index (χ0) is 16.1. The molecule has 7 heteroatoms. The molecule has 1 N–H and O–H groups in total. The molecule has 1 aliphatic heterocycles. The van der Waals surface area contributed by atoms with Gasteiger partial charge in [0.25, 0.3) is 0 Å². The molecular formula is C15H26N4O2S. The van der Waals surface area contributed by atoms with Gasteiger partial charge >= 0.3 is 0 Å². The molecule has 0 radical (unpaired) electrons. The lowest BCUT2D eigenvalue weighted by Gasteiger charge is -2.35. The van der Waals surface area contributed by atoms with Gasteiger partial charge in [-0.15, -0.1) is 0 Å². The molecule has 0 aliphatic carbocycles. The van der Waals surface area contributed by atoms with Crippen molar-refractivity contribution in [3.05, 3.63) is 17.6 Å². The van der Waals surface area contributed by atoms with Gasteiger partial charge in [-0.1, -0.05) is 0 Å². The highest BCUT2D eigenvalue weighted by molar-refractivity contribution is 7.84. The van der Waals surface area contributed by atoms with Gasteiger partial charge in [-0.2, -0.15) is 0 Å². The maximum absolute atomic E-state index is 11.1. The van der Waals surface area contributed by atoms with Crippen molar-refractivity contribution >= 4 is 16.6 Å². The molecule has 0 saturated carbocycles. The summed E-state index contributed by atoms with van der Waals surface area (Å²) in [6, 6.07) is 2.45. The second-order valence-corrected chi connectivity index (χ2v) is 7.43. The standard InChI is InChI=1S/C15H26N4O2S/c1-11(2)19-6-7-21-14(10-19)13-9-15(18-12(3)17-13)16-5-8-22(4)20/h9,11,14H,5-8,10H2,1-4H3,(H,16,17,18)/t14-,22+/m0/s1. The van der Waals surface area contributed by atoms with Gasteiger partial charge in [-0.05, 0) is 20.8 Å². The number of aryl methyl sites for hydroxylation is 1. The summed E-state index contributed by atoms with van der Waals surface area (Å²) >= 11 is 0. The van der Waals surface area contributed by atoms with Gasteiger partial charge in [0.05, 0.1) is 12.3 Å². The third kappa shape index (κ3) is 5.00. The first-order chi connectivity index (χ1) is 10.5. The van der Waals surface area contributed by atoms with Crippen LogP contribution >= 0.6 is 0 Å². The van der Waals surface area contributed by atoms with Crippen LogP contribution in [0.2, 0.25) is 0 Å². The first kappa shape index (κ1) is 17.3. The van der Waals surface area contributed by atoms with Crippen molar-refractivity contribution in [1.29, 1.82) is 0 Å². The maximum Gasteiger partial charge on any atom is 0.130 e. The lowest BCUT2D eigenvalue weighted by molar-refractivity contribution is -0.0422. The van der Waals surface area contributed by atoms with E-state index >= 15 is 0 Å². The van der Waals surface area contributed by atoms with E-state index in [2.05, 4.69) is 34.0 Å². The van der Waals surface area contributed by atoms with Crippen LogP contribution in [0.1, 0.15) is 31.5 Å². The van der Waals surface area contributed by atoms with Crippen LogP contribution in [-0.2, 0) is 15.5 Å². The number of rotatable bonds is 6. The van der Waals surface area contributed by atoms with Crippen LogP contribution in [0.25, 0.3) is 0 Å². The van der Waals surface area contributed by atoms with Crippen LogP contribution in [0.5, 0.6) is 0 Å². The normalized spacial score (nSPS) is 21.0. The summed E-state index contributed by atoms with van der Waals surface area (Å²) in [7, 11) is -0.802. The number of nitrogens with zero attached hydrogens (tertiary/aromatic N) is 3. The number of morpholine rings is 1. The van der Waals surface area contributed by atoms with E-state index in [4.69, 9.17) is 4.74 Å². The van der Waals surface area contributed by atoms with Crippen molar-refractivity contribution in [2.75, 3.05) is 43.6 Å². The topological polar surface area (TPSA) is 67.4 Å². The highest BCUT2D eigenvalue weighted by Crippen LogP contribution is 2.23. The van der Waals surface area contributed by atoms with E-state index in [1.165, 1.54) is 0 Å². The smallest absolute Gasteiger partial charge is 0.130 e. The van der Waals surface area contributed by atoms with Gasteiger partial charge in [0.2, 0.25) is 0 Å². The van der Waals surface area contributed by atoms with Crippen LogP contribution < -0.4 is 5.32 Å². The van der Waals surface area contributed by atoms with Gasteiger partial charge in [-0.25, -0.2) is 9.97 Å². The minimum Gasteiger partial charge on any atom is -0.369 e. The maximum atomic E-state index is 11.1. The average molecular weight is 326 g/mol. The Kier molecular flexibility index (Phi) is 6.28. The highest BCUT2D eigenvalue weighted by atomic mass is 32.2. The summed E-state index contributed by atoms with van der Waals surface area (Å²) in [6.45, 7) is 9.47. The Bertz CT molecular complexity index is 524. The third-order valence-electron chi connectivity index (χ3n) is 3.71. The largest absolute Gasteiger partial charge is 0.369 e. The van der Waals surface area contributed by atoms with Crippen molar-refractivity contribution in [2.24, 2.45) is 0 Å². The molecular weight excluding hydrogens is 300 g/mol. The van der Waals surface area contributed by atoms with E-state index in [1.54, 1.807) is 6.26 Å². The Hall–Kier alpha value is -1.05. The summed E-state index contributed by atoms with van der Waals surface area (Å²) < 4.78 is 17.0. The minimum atomic E-state index is -0.802. The zero-order valence-corrected chi connectivity index (χ0v) is 14.7. The van der Waals surface area contributed by atoms with Crippen molar-refractivity contribution in [3.8, 4) is 0 Å². The number of ether oxygens (including phenoxy) is 1. The van der Waals surface area contributed by atoms with Crippen molar-refractivity contribution in [2.45, 2.75) is 32.9 Å². The minimum absolute atomic E-state index is 0.0151. The van der Waals surface area contributed by atoms with E-state index in [0.29, 0.717) is 18.3 Å². The quantitative estimate of drug-likeness (QED) is 0.851. The Morgan fingerprint density at radius 3 is 2.95 bits per heavy atom. The molecule has 0 aromatic carbocycles. The second kappa shape index (κ2) is 7.99. The second-order valence-electron chi connectivity index (χ2n) is 5.88. The Labute approximate surface area is 135 Å². The lowest BCUT2D eigenvalue weighted by atomic mass is 10.1. The third-order valence-corrected chi connectivity index (χ3v) is 4.49. The number of hydrogen-bond donors (Lipinski definition) is 1. The molecule has 0 spiro atoms. The summed E-state index contributed by atoms with van der Waals surface area (Å²) in [4.78, 5) is 11.3. The van der Waals surface area contributed by atoms with Crippen LogP contribution in [0.15, 0.2) is 6.07 Å². The van der Waals surface area contributed by atoms with Crippen LogP contribution in [0, 0.1) is 6.92 Å². The number of aromatic nitrogens is 2. The van der Waals surface area contributed by atoms with Crippen molar-refractivity contribution in [3.63, 3.8) is 0 Å². The Morgan fingerprint density at radius 2 is 2.27 bits per heavy atom. The molecule has 0 bridgehead atoms. The monoisotopic (exact) mass is 326 g/mol. The molecule has 1 fully saturated rings. The van der Waals surface area contributed by atoms with E-state index in [9.17, 15) is 4.21 Å². The fourth-order valence-corrected chi connectivity index (χ4v) is 2.88. The van der Waals surface area contributed by atoms with E-state index in [-0.39, 0.29) is 6.10 Å². The number of anilines is 1. The molecule has 1 aromatic heterocycles. The first-order valence-corrected chi connectivity index (χ1v) is 9.43. The molecule has 2 atom stereocenters. The zero-order valence-electron chi connectivity index (χ0n) is 13.8. The van der Waals surface area contributed by atoms with Crippen LogP contribution in [0.3, 0.4) is 0 Å². The predicted octanol–water partition coefficient (Wildman–Crippen LogP) is 1.36. The van der Waals surface area contributed by atoms with E-state index in [0.717, 1.165) is 37.0 Å². The van der Waals surface area contributed by atoms with Crippen LogP contribution in [0.4, 0.5) is 5.82 Å². The van der Waals surface area contributed by atoms with Gasteiger partial charge < -0.3 is 10.1 Å². The van der Waals surface area contributed by atoms with Crippen molar-refractivity contribution < 1.29 is 8.95 Å². The summed E-state index contributed by atoms with van der Waals surface area (Å²) in [5, 5.41) is 3.22. The first-order valence-electron chi connectivity index (χ1n) is 7.71. The molecule has 124 valence electrons. The van der Waals surface area contributed by atoms with Crippen LogP contribution in [-0.4, -0.2) is 63.4 Å². The number of hydrogen-bond acceptors (Lipinski definition) is 6. The van der Waals surface area contributed by atoms with E-state index < -0.39 is 10.8 Å². The average Bonchev–Trinajstić information content (AvgIpc) is 2.46. The molecule has 6 nitrogen and oxygen atoms in total. The van der Waals surface area contributed by atoms with Gasteiger partial charge in [-0.3, -0.25) is 9.11 Å². The fraction of sp³-hybridized carbons (Fsp3) is 0.733. The molecule has 1 aliphatic rings. The van der Waals surface area contributed by atoms with Gasteiger partial charge in [0.15, 0.2) is 0 Å². The molecule has 0 amide bonds. The Morgan fingerprint density at radius 1 is 1.50 bits per heavy atom. The number of nitrogens with one attached hydrogen (secondary N) is 1. The lowest BCUT2D eigenvalue weighted by Crippen LogP contribution is -2.42. The van der Waals surface area contributed by atoms with E-state index in [1.807, 2.05) is 13.0 Å². The molecule has 0 unspecified atom stereocenters. The molecule has 2 heterocycles. The van der Waals surface area contributed by atoms with Gasteiger partial charge in [0.1, 0.15) is 17.7 Å². The molecule has 1 saturated heterocycles. The molecule has 1 aromatic rings. The summed E-state index contributed by atoms with van der Waals surface area (Å²) in [6.07, 6.45) is 1.69. The fourth-order valence-electron chi connectivity index (χ4n) is 2.49. The van der Waals surface area contributed by atoms with Crippen molar-refractivity contribution in [1.82, 2.24) is 14.9 Å². The van der Waals surface area contributed by atoms with Gasteiger partial charge in [0, 0.05) is 54.6 Å². The SMILES string of the molecule is Cc1nc(NCC[S@@](C)=O)cc([C@@H]2CN(C(C)C)CCO2)n1. The highest BCUT2D eigenvalue weighted by Gasteiger charge is 2.25. The predicted molar refractivity (Wildman–Crippen MR) is 89.6 cm³/mol. The summed E-state index contributed by atoms with van der Waals surface area (Å²) in [5.74, 6) is 2.11. The molecule has 2 rings (SSSR count).